The molecule has 0 bridgehead atoms. The minimum atomic E-state index is -5.10. The predicted molar refractivity (Wildman–Crippen MR) is 182 cm³/mol. The number of nitrogens with zero attached hydrogens (tertiary/aromatic N) is 4. The molecule has 0 aliphatic heterocycles. The number of hydrogen-bond donors (Lipinski definition) is 0. The van der Waals surface area contributed by atoms with Crippen molar-refractivity contribution in [1.29, 1.82) is 0 Å². The first-order valence-corrected chi connectivity index (χ1v) is 16.3. The van der Waals surface area contributed by atoms with E-state index in [4.69, 9.17) is 15.1 Å². The number of halogens is 4. The Morgan fingerprint density at radius 1 is 1.08 bits per heavy atom. The van der Waals surface area contributed by atoms with Crippen molar-refractivity contribution < 1.29 is 42.9 Å². The molecule has 6 nitrogen and oxygen atoms in total. The number of amides is 1. The highest BCUT2D eigenvalue weighted by Crippen LogP contribution is 2.40. The van der Waals surface area contributed by atoms with Crippen LogP contribution in [0.4, 0.5) is 17.6 Å². The third-order valence-electron chi connectivity index (χ3n) is 7.89. The molecule has 4 unspecified atom stereocenters. The molecule has 1 aromatic carbocycles. The van der Waals surface area contributed by atoms with Crippen LogP contribution in [-0.4, -0.2) is 64.1 Å². The SMILES string of the molecule is [2H]C1=C(C2=C([2H])C([2H])=C(C(F)(F)F)C(C)C2[2H])C([2H])C([2H])C(C([2H])([2H])N(CCN(CC)CC)C(=O)C([2H])([2H])n2c(SCc3c([2H])c([2H])c(F)c([2H])c3[2H])nc(=O)c3c2CCC3)=C1[2H]. The van der Waals surface area contributed by atoms with Gasteiger partial charge in [0.25, 0.3) is 5.56 Å². The lowest BCUT2D eigenvalue weighted by molar-refractivity contribution is -0.131. The van der Waals surface area contributed by atoms with Gasteiger partial charge in [-0.2, -0.15) is 18.2 Å². The summed E-state index contributed by atoms with van der Waals surface area (Å²) in [6.07, 6.45) is -11.0. The van der Waals surface area contributed by atoms with Gasteiger partial charge in [0.15, 0.2) is 5.16 Å². The summed E-state index contributed by atoms with van der Waals surface area (Å²) in [7, 11) is 0. The lowest BCUT2D eigenvalue weighted by Crippen LogP contribution is -2.42. The highest BCUT2D eigenvalue weighted by molar-refractivity contribution is 7.98. The van der Waals surface area contributed by atoms with Crippen molar-refractivity contribution in [2.24, 2.45) is 5.92 Å². The van der Waals surface area contributed by atoms with E-state index in [1.165, 1.54) is 0 Å². The van der Waals surface area contributed by atoms with Gasteiger partial charge in [0.05, 0.1) is 16.4 Å². The zero-order chi connectivity index (χ0) is 47.6. The molecule has 1 aromatic heterocycles. The molecule has 0 N–H and O–H groups in total. The Morgan fingerprint density at radius 3 is 2.52 bits per heavy atom. The molecule has 0 fully saturated rings. The van der Waals surface area contributed by atoms with E-state index in [0.29, 0.717) is 36.2 Å². The fraction of sp³-hybridized carbons (Fsp3) is 0.486. The smallest absolute Gasteiger partial charge is 0.336 e. The lowest BCUT2D eigenvalue weighted by atomic mass is 9.82. The van der Waals surface area contributed by atoms with Gasteiger partial charge in [0, 0.05) is 46.3 Å². The molecular formula is C37H44F4N4O2S. The number of fused-ring (bicyclic) bond motifs is 1. The summed E-state index contributed by atoms with van der Waals surface area (Å²) in [5.41, 5.74) is -4.92. The third-order valence-corrected chi connectivity index (χ3v) is 8.85. The van der Waals surface area contributed by atoms with Crippen LogP contribution < -0.4 is 5.56 Å². The summed E-state index contributed by atoms with van der Waals surface area (Å²) in [4.78, 5) is 34.3. The minimum absolute atomic E-state index is 0.00469. The Morgan fingerprint density at radius 2 is 1.81 bits per heavy atom. The van der Waals surface area contributed by atoms with Crippen LogP contribution in [0.15, 0.2) is 80.6 Å². The first-order valence-electron chi connectivity index (χ1n) is 23.1. The van der Waals surface area contributed by atoms with Gasteiger partial charge >= 0.3 is 6.18 Å². The number of carbonyl (C=O) groups excluding carboxylic acids is 1. The van der Waals surface area contributed by atoms with Gasteiger partial charge in [0.2, 0.25) is 5.91 Å². The Hall–Kier alpha value is -3.44. The van der Waals surface area contributed by atoms with Gasteiger partial charge in [-0.3, -0.25) is 9.59 Å². The maximum absolute atomic E-state index is 14.9. The molecule has 3 aliphatic rings. The van der Waals surface area contributed by atoms with Crippen molar-refractivity contribution in [1.82, 2.24) is 19.4 Å². The number of hydrogen-bond acceptors (Lipinski definition) is 5. The van der Waals surface area contributed by atoms with Crippen LogP contribution in [0.2, 0.25) is 0 Å². The van der Waals surface area contributed by atoms with E-state index >= 15 is 0 Å². The predicted octanol–water partition coefficient (Wildman–Crippen LogP) is 7.44. The molecule has 2 aromatic rings. The molecule has 0 saturated heterocycles. The number of carbonyl (C=O) groups is 1. The Labute approximate surface area is 305 Å². The van der Waals surface area contributed by atoms with Gasteiger partial charge < -0.3 is 14.4 Å². The monoisotopic (exact) mass is 699 g/mol. The topological polar surface area (TPSA) is 58.4 Å². The zero-order valence-electron chi connectivity index (χ0n) is 41.5. The second-order valence-corrected chi connectivity index (χ2v) is 12.0. The highest BCUT2D eigenvalue weighted by atomic mass is 32.2. The van der Waals surface area contributed by atoms with Crippen molar-refractivity contribution >= 4 is 17.7 Å². The van der Waals surface area contributed by atoms with Gasteiger partial charge in [-0.15, -0.1) is 0 Å². The van der Waals surface area contributed by atoms with E-state index in [-0.39, 0.29) is 36.2 Å². The van der Waals surface area contributed by atoms with E-state index in [9.17, 15) is 32.6 Å². The van der Waals surface area contributed by atoms with Gasteiger partial charge in [-0.1, -0.05) is 74.4 Å². The number of allylic oxidation sites excluding steroid dienone is 7. The van der Waals surface area contributed by atoms with Crippen LogP contribution in [0.1, 0.15) is 83.8 Å². The average Bonchev–Trinajstić information content (AvgIpc) is 3.70. The zero-order valence-corrected chi connectivity index (χ0v) is 27.3. The molecule has 258 valence electrons. The number of aromatic nitrogens is 2. The van der Waals surface area contributed by atoms with Crippen LogP contribution >= 0.6 is 11.8 Å². The fourth-order valence-corrected chi connectivity index (χ4v) is 6.13. The van der Waals surface area contributed by atoms with Crippen LogP contribution in [0.5, 0.6) is 0 Å². The maximum Gasteiger partial charge on any atom is 0.412 e. The van der Waals surface area contributed by atoms with Crippen LogP contribution in [-0.2, 0) is 29.9 Å². The van der Waals surface area contributed by atoms with Crippen LogP contribution in [0.3, 0.4) is 0 Å². The molecule has 0 spiro atoms. The second-order valence-electron chi connectivity index (χ2n) is 11.0. The summed E-state index contributed by atoms with van der Waals surface area (Å²) in [5, 5.41) is -0.490. The molecule has 11 heteroatoms. The van der Waals surface area contributed by atoms with Gasteiger partial charge in [0.1, 0.15) is 12.3 Å². The van der Waals surface area contributed by atoms with E-state index in [1.54, 1.807) is 18.7 Å². The molecule has 0 saturated carbocycles. The van der Waals surface area contributed by atoms with E-state index < -0.39 is 150 Å². The van der Waals surface area contributed by atoms with Gasteiger partial charge in [-0.25, -0.2) is 4.39 Å². The fourth-order valence-electron chi connectivity index (χ4n) is 5.28. The third kappa shape index (κ3) is 8.77. The number of benzene rings is 1. The Kier molecular flexibility index (Phi) is 6.91. The van der Waals surface area contributed by atoms with Crippen LogP contribution in [0.25, 0.3) is 0 Å². The standard InChI is InChI=1S/C37H44F4N4O2S/c1-4-43(5-2)19-20-44(22-26-9-13-28(14-10-26)29-15-18-32(25(3)21-29)37(39,40)41)34(46)23-45-33-8-6-7-31(33)35(47)42-36(45)48-24-27-11-16-30(38)17-12-27/h9,11-13,15-18,25H,4-8,10,14,19-24H2,1-3H3/i9D,10D,11D,12D,13D,14D,15D,16D,17D,18D,21D,22D2,23D2. The van der Waals surface area contributed by atoms with Crippen molar-refractivity contribution in [3.63, 3.8) is 0 Å². The summed E-state index contributed by atoms with van der Waals surface area (Å²) in [5.74, 6) is -5.33. The first kappa shape index (κ1) is 20.9. The van der Waals surface area contributed by atoms with Crippen molar-refractivity contribution in [3.8, 4) is 0 Å². The molecule has 5 rings (SSSR count). The number of thioether (sulfide) groups is 1. The summed E-state index contributed by atoms with van der Waals surface area (Å²) in [6.45, 7) is -2.23. The van der Waals surface area contributed by atoms with Gasteiger partial charge in [-0.05, 0) is 86.3 Å². The summed E-state index contributed by atoms with van der Waals surface area (Å²) >= 11 is 0.537. The highest BCUT2D eigenvalue weighted by Gasteiger charge is 2.38. The molecule has 4 atom stereocenters. The van der Waals surface area contributed by atoms with Crippen LogP contribution in [0, 0.1) is 11.7 Å². The summed E-state index contributed by atoms with van der Waals surface area (Å²) < 4.78 is 188. The number of rotatable bonds is 13. The van der Waals surface area contributed by atoms with Crippen molar-refractivity contribution in [2.45, 2.75) is 82.8 Å². The van der Waals surface area contributed by atoms with E-state index in [1.807, 2.05) is 0 Å². The molecular weight excluding hydrogens is 640 g/mol. The second kappa shape index (κ2) is 15.8. The van der Waals surface area contributed by atoms with Crippen molar-refractivity contribution in [2.75, 3.05) is 32.7 Å². The largest absolute Gasteiger partial charge is 0.412 e. The molecule has 3 aliphatic carbocycles. The molecule has 1 amide bonds. The number of alkyl halides is 3. The normalized spacial score (nSPS) is 28.4. The maximum atomic E-state index is 14.9. The summed E-state index contributed by atoms with van der Waals surface area (Å²) in [6, 6.07) is -8.10. The van der Waals surface area contributed by atoms with E-state index in [0.717, 1.165) is 11.5 Å². The molecule has 1 heterocycles. The first-order chi connectivity index (χ1) is 29.1. The molecule has 48 heavy (non-hydrogen) atoms. The lowest BCUT2D eigenvalue weighted by Gasteiger charge is -2.30. The minimum Gasteiger partial charge on any atom is -0.336 e. The molecule has 0 radical (unpaired) electrons. The number of likely N-dealkylation sites (N-methyl/N-ethyl adjacent to an activating group) is 1. The van der Waals surface area contributed by atoms with E-state index in [2.05, 4.69) is 4.98 Å². The van der Waals surface area contributed by atoms with Crippen molar-refractivity contribution in [3.05, 3.63) is 104 Å². The average molecular weight is 700 g/mol. The Balaban J connectivity index is 1.69. The Bertz CT molecular complexity index is 2370. The quantitative estimate of drug-likeness (QED) is 0.124.